The maximum Gasteiger partial charge on any atom is 0.262 e. The average molecular weight is 439 g/mol. The molecule has 31 heavy (non-hydrogen) atoms. The Labute approximate surface area is 186 Å². The van der Waals surface area contributed by atoms with Gasteiger partial charge in [0.25, 0.3) is 11.5 Å². The summed E-state index contributed by atoms with van der Waals surface area (Å²) in [6.07, 6.45) is 4.02. The highest BCUT2D eigenvalue weighted by molar-refractivity contribution is 7.20. The zero-order chi connectivity index (χ0) is 22.0. The summed E-state index contributed by atoms with van der Waals surface area (Å²) in [5, 5.41) is 3.65. The standard InChI is InChI=1S/C24H30N4O2S/c1-4-27(18-10-8-9-16(2)15-18)14-12-25-22(29)21-17(3)20-23(31-21)26-19-11-6-5-7-13-28(19)24(20)30/h8-10,15H,4-7,11-14H2,1-3H3,(H,25,29). The molecule has 3 heterocycles. The van der Waals surface area contributed by atoms with E-state index in [1.807, 2.05) is 11.5 Å². The Balaban J connectivity index is 1.51. The highest BCUT2D eigenvalue weighted by Crippen LogP contribution is 2.28. The zero-order valence-electron chi connectivity index (χ0n) is 18.5. The zero-order valence-corrected chi connectivity index (χ0v) is 19.3. The Bertz CT molecular complexity index is 1160. The van der Waals surface area contributed by atoms with E-state index in [0.717, 1.165) is 62.4 Å². The van der Waals surface area contributed by atoms with Gasteiger partial charge in [0.2, 0.25) is 0 Å². The number of aromatic nitrogens is 2. The van der Waals surface area contributed by atoms with Gasteiger partial charge < -0.3 is 10.2 Å². The second-order valence-electron chi connectivity index (χ2n) is 8.21. The number of carbonyl (C=O) groups excluding carboxylic acids is 1. The maximum atomic E-state index is 13.1. The van der Waals surface area contributed by atoms with Crippen LogP contribution in [0.15, 0.2) is 29.1 Å². The summed E-state index contributed by atoms with van der Waals surface area (Å²) in [7, 11) is 0. The number of rotatable bonds is 6. The van der Waals surface area contributed by atoms with Crippen molar-refractivity contribution in [1.82, 2.24) is 14.9 Å². The number of aryl methyl sites for hydroxylation is 3. The number of hydrogen-bond donors (Lipinski definition) is 1. The first-order valence-corrected chi connectivity index (χ1v) is 11.9. The third kappa shape index (κ3) is 4.37. The van der Waals surface area contributed by atoms with Crippen LogP contribution in [0.5, 0.6) is 0 Å². The topological polar surface area (TPSA) is 67.2 Å². The lowest BCUT2D eigenvalue weighted by Gasteiger charge is -2.23. The number of likely N-dealkylation sites (N-methyl/N-ethyl adjacent to an activating group) is 1. The Kier molecular flexibility index (Phi) is 6.41. The second kappa shape index (κ2) is 9.22. The Morgan fingerprint density at radius 3 is 2.87 bits per heavy atom. The van der Waals surface area contributed by atoms with Crippen molar-refractivity contribution < 1.29 is 4.79 Å². The molecule has 1 aliphatic rings. The first-order valence-electron chi connectivity index (χ1n) is 11.1. The van der Waals surface area contributed by atoms with Gasteiger partial charge in [-0.1, -0.05) is 18.6 Å². The number of thiophene rings is 1. The summed E-state index contributed by atoms with van der Waals surface area (Å²) in [5.41, 5.74) is 3.14. The molecule has 3 aromatic rings. The summed E-state index contributed by atoms with van der Waals surface area (Å²) in [5.74, 6) is 0.736. The fourth-order valence-corrected chi connectivity index (χ4v) is 5.41. The van der Waals surface area contributed by atoms with Gasteiger partial charge in [-0.15, -0.1) is 11.3 Å². The fraction of sp³-hybridized carbons (Fsp3) is 0.458. The smallest absolute Gasteiger partial charge is 0.262 e. The third-order valence-corrected chi connectivity index (χ3v) is 7.22. The minimum absolute atomic E-state index is 0.00584. The minimum atomic E-state index is -0.125. The monoisotopic (exact) mass is 438 g/mol. The molecule has 164 valence electrons. The van der Waals surface area contributed by atoms with Gasteiger partial charge in [-0.3, -0.25) is 14.2 Å². The summed E-state index contributed by atoms with van der Waals surface area (Å²) < 4.78 is 1.82. The van der Waals surface area contributed by atoms with Gasteiger partial charge in [0, 0.05) is 38.3 Å². The average Bonchev–Trinajstić information content (AvgIpc) is 2.92. The molecular weight excluding hydrogens is 408 g/mol. The first-order chi connectivity index (χ1) is 15.0. The summed E-state index contributed by atoms with van der Waals surface area (Å²) in [6.45, 7) is 8.92. The van der Waals surface area contributed by atoms with Crippen LogP contribution in [0.25, 0.3) is 10.2 Å². The lowest BCUT2D eigenvalue weighted by Crippen LogP contribution is -2.35. The molecule has 0 spiro atoms. The van der Waals surface area contributed by atoms with Crippen molar-refractivity contribution in [3.63, 3.8) is 0 Å². The Morgan fingerprint density at radius 2 is 2.10 bits per heavy atom. The molecule has 1 N–H and O–H groups in total. The molecule has 0 aliphatic carbocycles. The molecule has 2 aromatic heterocycles. The van der Waals surface area contributed by atoms with Crippen LogP contribution >= 0.6 is 11.3 Å². The summed E-state index contributed by atoms with van der Waals surface area (Å²) in [4.78, 5) is 34.3. The van der Waals surface area contributed by atoms with Crippen molar-refractivity contribution in [3.05, 3.63) is 56.4 Å². The second-order valence-corrected chi connectivity index (χ2v) is 9.21. The van der Waals surface area contributed by atoms with Crippen LogP contribution in [0.4, 0.5) is 5.69 Å². The van der Waals surface area contributed by atoms with E-state index in [1.54, 1.807) is 0 Å². The third-order valence-electron chi connectivity index (χ3n) is 6.03. The molecule has 0 fully saturated rings. The quantitative estimate of drug-likeness (QED) is 0.630. The van der Waals surface area contributed by atoms with Crippen molar-refractivity contribution in [2.45, 2.75) is 53.0 Å². The molecule has 4 rings (SSSR count). The highest BCUT2D eigenvalue weighted by atomic mass is 32.1. The van der Waals surface area contributed by atoms with Crippen molar-refractivity contribution in [2.24, 2.45) is 0 Å². The number of nitrogens with one attached hydrogen (secondary N) is 1. The minimum Gasteiger partial charge on any atom is -0.370 e. The van der Waals surface area contributed by atoms with Crippen LogP contribution in [0, 0.1) is 13.8 Å². The number of benzene rings is 1. The molecule has 0 saturated carbocycles. The molecular formula is C24H30N4O2S. The van der Waals surface area contributed by atoms with E-state index >= 15 is 0 Å². The van der Waals surface area contributed by atoms with Crippen molar-refractivity contribution >= 4 is 33.1 Å². The molecule has 1 aromatic carbocycles. The van der Waals surface area contributed by atoms with Crippen LogP contribution in [0.2, 0.25) is 0 Å². The number of fused-ring (bicyclic) bond motifs is 2. The predicted molar refractivity (Wildman–Crippen MR) is 128 cm³/mol. The molecule has 6 nitrogen and oxygen atoms in total. The number of anilines is 1. The largest absolute Gasteiger partial charge is 0.370 e. The van der Waals surface area contributed by atoms with Gasteiger partial charge in [-0.05, 0) is 56.9 Å². The van der Waals surface area contributed by atoms with Gasteiger partial charge in [-0.25, -0.2) is 4.98 Å². The number of nitrogens with zero attached hydrogens (tertiary/aromatic N) is 3. The molecule has 7 heteroatoms. The lowest BCUT2D eigenvalue weighted by molar-refractivity contribution is 0.0958. The summed E-state index contributed by atoms with van der Waals surface area (Å²) >= 11 is 1.34. The van der Waals surface area contributed by atoms with Crippen molar-refractivity contribution in [2.75, 3.05) is 24.5 Å². The molecule has 1 aliphatic heterocycles. The number of amides is 1. The highest BCUT2D eigenvalue weighted by Gasteiger charge is 2.22. The molecule has 0 saturated heterocycles. The van der Waals surface area contributed by atoms with E-state index in [0.29, 0.717) is 21.6 Å². The molecule has 0 atom stereocenters. The van der Waals surface area contributed by atoms with Crippen LogP contribution in [0.3, 0.4) is 0 Å². The molecule has 1 amide bonds. The lowest BCUT2D eigenvalue weighted by atomic mass is 10.2. The van der Waals surface area contributed by atoms with E-state index < -0.39 is 0 Å². The number of hydrogen-bond acceptors (Lipinski definition) is 5. The Hall–Kier alpha value is -2.67. The van der Waals surface area contributed by atoms with Crippen molar-refractivity contribution in [1.29, 1.82) is 0 Å². The van der Waals surface area contributed by atoms with E-state index in [4.69, 9.17) is 4.98 Å². The van der Waals surface area contributed by atoms with Gasteiger partial charge in [0.1, 0.15) is 10.7 Å². The van der Waals surface area contributed by atoms with Gasteiger partial charge in [0.05, 0.1) is 10.3 Å². The Morgan fingerprint density at radius 1 is 1.26 bits per heavy atom. The first kappa shape index (κ1) is 21.6. The molecule has 0 bridgehead atoms. The van der Waals surface area contributed by atoms with E-state index in [1.165, 1.54) is 16.9 Å². The van der Waals surface area contributed by atoms with Crippen molar-refractivity contribution in [3.8, 4) is 0 Å². The van der Waals surface area contributed by atoms with Gasteiger partial charge in [-0.2, -0.15) is 0 Å². The fourth-order valence-electron chi connectivity index (χ4n) is 4.31. The van der Waals surface area contributed by atoms with Crippen LogP contribution in [0.1, 0.15) is 52.8 Å². The SMILES string of the molecule is CCN(CCNC(=O)c1sc2nc3n(c(=O)c2c1C)CCCCC3)c1cccc(C)c1. The summed E-state index contributed by atoms with van der Waals surface area (Å²) in [6, 6.07) is 8.39. The maximum absolute atomic E-state index is 13.1. The van der Waals surface area contributed by atoms with Crippen LogP contribution < -0.4 is 15.8 Å². The number of carbonyl (C=O) groups is 1. The van der Waals surface area contributed by atoms with Gasteiger partial charge >= 0.3 is 0 Å². The van der Waals surface area contributed by atoms with E-state index in [9.17, 15) is 9.59 Å². The van der Waals surface area contributed by atoms with Crippen LogP contribution in [-0.4, -0.2) is 35.1 Å². The normalized spacial score (nSPS) is 13.6. The molecule has 0 unspecified atom stereocenters. The van der Waals surface area contributed by atoms with Gasteiger partial charge in [0.15, 0.2) is 0 Å². The predicted octanol–water partition coefficient (Wildman–Crippen LogP) is 4.06. The van der Waals surface area contributed by atoms with Crippen LogP contribution in [-0.2, 0) is 13.0 Å². The molecule has 0 radical (unpaired) electrons. The van der Waals surface area contributed by atoms with E-state index in [-0.39, 0.29) is 11.5 Å². The van der Waals surface area contributed by atoms with E-state index in [2.05, 4.69) is 48.3 Å².